The number of alkyl halides is 3. The molecule has 0 heterocycles. The number of methoxy groups -OCH3 is 1. The Bertz CT molecular complexity index is 900. The highest BCUT2D eigenvalue weighted by Gasteiger charge is 2.42. The third kappa shape index (κ3) is 4.58. The normalized spacial score (nSPS) is 17.7. The molecule has 0 saturated carbocycles. The first-order chi connectivity index (χ1) is 12.8. The SMILES string of the molecule is COc1ccc2c(c1)[C@@H]([NH2+]C(F)(F)F)C/C2=N\NC(=O)c1cccc(Cl)c1. The average molecular weight is 399 g/mol. The Morgan fingerprint density at radius 3 is 2.74 bits per heavy atom. The van der Waals surface area contributed by atoms with Crippen molar-refractivity contribution in [2.45, 2.75) is 18.8 Å². The molecule has 1 aliphatic carbocycles. The molecule has 142 valence electrons. The van der Waals surface area contributed by atoms with Gasteiger partial charge in [-0.3, -0.25) is 4.79 Å². The summed E-state index contributed by atoms with van der Waals surface area (Å²) in [5.41, 5.74) is 4.07. The number of hydrogen-bond donors (Lipinski definition) is 2. The number of amides is 1. The van der Waals surface area contributed by atoms with E-state index in [0.29, 0.717) is 38.5 Å². The minimum atomic E-state index is -4.43. The van der Waals surface area contributed by atoms with Crippen molar-refractivity contribution in [1.29, 1.82) is 0 Å². The van der Waals surface area contributed by atoms with E-state index in [1.807, 2.05) is 0 Å². The monoisotopic (exact) mass is 398 g/mol. The van der Waals surface area contributed by atoms with Gasteiger partial charge in [-0.25, -0.2) is 10.7 Å². The van der Waals surface area contributed by atoms with Gasteiger partial charge >= 0.3 is 6.30 Å². The van der Waals surface area contributed by atoms with Crippen LogP contribution in [0.4, 0.5) is 13.2 Å². The van der Waals surface area contributed by atoms with Crippen LogP contribution >= 0.6 is 11.6 Å². The molecule has 0 aromatic heterocycles. The number of nitrogens with two attached hydrogens (primary N) is 1. The molecule has 0 unspecified atom stereocenters. The molecule has 0 aliphatic heterocycles. The highest BCUT2D eigenvalue weighted by molar-refractivity contribution is 6.31. The van der Waals surface area contributed by atoms with Crippen molar-refractivity contribution >= 4 is 23.2 Å². The topological polar surface area (TPSA) is 67.3 Å². The quantitative estimate of drug-likeness (QED) is 0.614. The van der Waals surface area contributed by atoms with Gasteiger partial charge in [-0.1, -0.05) is 17.7 Å². The number of carbonyl (C=O) groups is 1. The number of fused-ring (bicyclic) bond motifs is 1. The first-order valence-electron chi connectivity index (χ1n) is 8.00. The van der Waals surface area contributed by atoms with Gasteiger partial charge in [0.1, 0.15) is 11.8 Å². The third-order valence-electron chi connectivity index (χ3n) is 4.15. The van der Waals surface area contributed by atoms with Crippen LogP contribution in [0.3, 0.4) is 0 Å². The lowest BCUT2D eigenvalue weighted by Gasteiger charge is -2.12. The molecule has 5 nitrogen and oxygen atoms in total. The maximum absolute atomic E-state index is 12.9. The van der Waals surface area contributed by atoms with Crippen molar-refractivity contribution in [3.8, 4) is 5.75 Å². The molecule has 2 aromatic carbocycles. The maximum Gasteiger partial charge on any atom is 0.558 e. The molecule has 2 aromatic rings. The fourth-order valence-corrected chi connectivity index (χ4v) is 3.15. The van der Waals surface area contributed by atoms with Crippen LogP contribution in [0.25, 0.3) is 0 Å². The number of nitrogens with zero attached hydrogens (tertiary/aromatic N) is 1. The maximum atomic E-state index is 12.9. The summed E-state index contributed by atoms with van der Waals surface area (Å²) in [6, 6.07) is 10.2. The van der Waals surface area contributed by atoms with Gasteiger partial charge in [0, 0.05) is 28.1 Å². The highest BCUT2D eigenvalue weighted by Crippen LogP contribution is 2.32. The Hall–Kier alpha value is -2.58. The minimum Gasteiger partial charge on any atom is -0.497 e. The summed E-state index contributed by atoms with van der Waals surface area (Å²) in [5.74, 6) is -0.0400. The lowest BCUT2D eigenvalue weighted by molar-refractivity contribution is -0.840. The molecule has 0 bridgehead atoms. The Kier molecular flexibility index (Phi) is 5.38. The molecule has 3 N–H and O–H groups in total. The van der Waals surface area contributed by atoms with Crippen LogP contribution in [0.1, 0.15) is 33.9 Å². The van der Waals surface area contributed by atoms with E-state index < -0.39 is 18.2 Å². The highest BCUT2D eigenvalue weighted by atomic mass is 35.5. The van der Waals surface area contributed by atoms with Gasteiger partial charge in [0.15, 0.2) is 0 Å². The largest absolute Gasteiger partial charge is 0.558 e. The summed E-state index contributed by atoms with van der Waals surface area (Å²) in [5, 5.41) is 4.77. The summed E-state index contributed by atoms with van der Waals surface area (Å²) in [6.07, 6.45) is -4.40. The lowest BCUT2D eigenvalue weighted by Crippen LogP contribution is -2.93. The summed E-state index contributed by atoms with van der Waals surface area (Å²) in [4.78, 5) is 12.2. The van der Waals surface area contributed by atoms with Crippen molar-refractivity contribution < 1.29 is 28.0 Å². The Morgan fingerprint density at radius 1 is 1.30 bits per heavy atom. The zero-order valence-electron chi connectivity index (χ0n) is 14.2. The average Bonchev–Trinajstić information content (AvgIpc) is 2.94. The van der Waals surface area contributed by atoms with Gasteiger partial charge < -0.3 is 4.74 Å². The second kappa shape index (κ2) is 7.58. The smallest absolute Gasteiger partial charge is 0.497 e. The van der Waals surface area contributed by atoms with Crippen molar-refractivity contribution in [3.63, 3.8) is 0 Å². The molecule has 0 fully saturated rings. The molecule has 27 heavy (non-hydrogen) atoms. The van der Waals surface area contributed by atoms with Gasteiger partial charge in [-0.15, -0.1) is 13.2 Å². The predicted octanol–water partition coefficient (Wildman–Crippen LogP) is 3.01. The van der Waals surface area contributed by atoms with Gasteiger partial charge in [0.25, 0.3) is 5.91 Å². The number of hydrazone groups is 1. The van der Waals surface area contributed by atoms with Crippen molar-refractivity contribution in [3.05, 3.63) is 64.2 Å². The summed E-state index contributed by atoms with van der Waals surface area (Å²) < 4.78 is 43.7. The fraction of sp³-hybridized carbons (Fsp3) is 0.222. The third-order valence-corrected chi connectivity index (χ3v) is 4.39. The van der Waals surface area contributed by atoms with Crippen LogP contribution in [0.2, 0.25) is 5.02 Å². The Balaban J connectivity index is 1.86. The van der Waals surface area contributed by atoms with E-state index in [4.69, 9.17) is 16.3 Å². The second-order valence-corrected chi connectivity index (χ2v) is 6.42. The van der Waals surface area contributed by atoms with E-state index in [0.717, 1.165) is 0 Å². The number of halogens is 4. The van der Waals surface area contributed by atoms with Gasteiger partial charge in [0.05, 0.1) is 12.8 Å². The van der Waals surface area contributed by atoms with E-state index in [1.54, 1.807) is 36.4 Å². The summed E-state index contributed by atoms with van der Waals surface area (Å²) >= 11 is 5.85. The van der Waals surface area contributed by atoms with E-state index in [2.05, 4.69) is 10.5 Å². The molecular formula is C18H16ClF3N3O2+. The summed E-state index contributed by atoms with van der Waals surface area (Å²) in [6.45, 7) is 0. The molecule has 0 saturated heterocycles. The molecule has 3 rings (SSSR count). The van der Waals surface area contributed by atoms with Crippen molar-refractivity contribution in [1.82, 2.24) is 5.43 Å². The van der Waals surface area contributed by atoms with Crippen molar-refractivity contribution in [2.24, 2.45) is 5.10 Å². The number of benzene rings is 2. The Morgan fingerprint density at radius 2 is 2.07 bits per heavy atom. The van der Waals surface area contributed by atoms with Crippen LogP contribution < -0.4 is 15.5 Å². The molecule has 1 atom stereocenters. The standard InChI is InChI=1S/C18H15ClF3N3O2/c1-27-12-5-6-13-14(8-12)15(23-18(20,21)22)9-16(13)24-25-17(26)10-3-2-4-11(19)7-10/h2-8,15,23H,9H2,1H3,(H,25,26)/p+1/b24-16+/t15-/m0/s1. The van der Waals surface area contributed by atoms with Gasteiger partial charge in [0.2, 0.25) is 0 Å². The molecule has 9 heteroatoms. The van der Waals surface area contributed by atoms with Crippen LogP contribution in [0.5, 0.6) is 5.75 Å². The van der Waals surface area contributed by atoms with Crippen LogP contribution in [0, 0.1) is 0 Å². The number of quaternary nitrogens is 1. The van der Waals surface area contributed by atoms with Gasteiger partial charge in [-0.2, -0.15) is 5.10 Å². The molecule has 1 amide bonds. The number of ether oxygens (including phenoxy) is 1. The second-order valence-electron chi connectivity index (χ2n) is 5.98. The van der Waals surface area contributed by atoms with E-state index >= 15 is 0 Å². The predicted molar refractivity (Wildman–Crippen MR) is 93.8 cm³/mol. The molecule has 0 radical (unpaired) electrons. The lowest BCUT2D eigenvalue weighted by atomic mass is 10.1. The van der Waals surface area contributed by atoms with E-state index in [-0.39, 0.29) is 6.42 Å². The first-order valence-corrected chi connectivity index (χ1v) is 8.38. The molecule has 0 spiro atoms. The zero-order chi connectivity index (χ0) is 19.6. The summed E-state index contributed by atoms with van der Waals surface area (Å²) in [7, 11) is 1.44. The molecular weight excluding hydrogens is 383 g/mol. The van der Waals surface area contributed by atoms with Crippen molar-refractivity contribution in [2.75, 3.05) is 7.11 Å². The minimum absolute atomic E-state index is 0.0256. The number of hydrogen-bond acceptors (Lipinski definition) is 3. The van der Waals surface area contributed by atoms with E-state index in [9.17, 15) is 18.0 Å². The number of nitrogens with one attached hydrogen (secondary N) is 1. The Labute approximate surface area is 158 Å². The number of carbonyl (C=O) groups excluding carboxylic acids is 1. The van der Waals surface area contributed by atoms with Crippen LogP contribution in [0.15, 0.2) is 47.6 Å². The van der Waals surface area contributed by atoms with E-state index in [1.165, 1.54) is 13.2 Å². The van der Waals surface area contributed by atoms with Crippen LogP contribution in [-0.4, -0.2) is 25.0 Å². The number of rotatable bonds is 4. The zero-order valence-corrected chi connectivity index (χ0v) is 14.9. The van der Waals surface area contributed by atoms with Crippen LogP contribution in [-0.2, 0) is 0 Å². The first kappa shape index (κ1) is 19.2. The molecule has 1 aliphatic rings. The van der Waals surface area contributed by atoms with Gasteiger partial charge in [-0.05, 0) is 36.4 Å². The fourth-order valence-electron chi connectivity index (χ4n) is 2.96.